The van der Waals surface area contributed by atoms with Gasteiger partial charge in [-0.25, -0.2) is 0 Å². The van der Waals surface area contributed by atoms with Crippen LogP contribution < -0.4 is 10.1 Å². The predicted octanol–water partition coefficient (Wildman–Crippen LogP) is 4.03. The monoisotopic (exact) mass is 325 g/mol. The molecular weight excluding hydrogens is 302 g/mol. The Balaban J connectivity index is 1.97. The third kappa shape index (κ3) is 3.96. The molecule has 2 nitrogen and oxygen atoms in total. The summed E-state index contributed by atoms with van der Waals surface area (Å²) in [6.45, 7) is 4.44. The molecule has 0 aliphatic heterocycles. The van der Waals surface area contributed by atoms with E-state index in [4.69, 9.17) is 4.74 Å². The van der Waals surface area contributed by atoms with Gasteiger partial charge < -0.3 is 10.1 Å². The zero-order chi connectivity index (χ0) is 13.7. The first kappa shape index (κ1) is 14.9. The average Bonchev–Trinajstić information content (AvgIpc) is 2.84. The average molecular weight is 326 g/mol. The van der Waals surface area contributed by atoms with Gasteiger partial charge in [-0.3, -0.25) is 0 Å². The molecule has 1 aliphatic carbocycles. The smallest absolute Gasteiger partial charge is 0.133 e. The Kier molecular flexibility index (Phi) is 5.71. The Labute approximate surface area is 125 Å². The van der Waals surface area contributed by atoms with Gasteiger partial charge in [0.15, 0.2) is 0 Å². The molecule has 1 aromatic rings. The predicted molar refractivity (Wildman–Crippen MR) is 83.8 cm³/mol. The van der Waals surface area contributed by atoms with E-state index >= 15 is 0 Å². The molecule has 1 fully saturated rings. The first-order chi connectivity index (χ1) is 9.24. The van der Waals surface area contributed by atoms with Gasteiger partial charge in [0.25, 0.3) is 0 Å². The van der Waals surface area contributed by atoms with Crippen LogP contribution in [0, 0.1) is 11.8 Å². The normalized spacial score (nSPS) is 22.7. The van der Waals surface area contributed by atoms with Crippen LogP contribution >= 0.6 is 15.9 Å². The van der Waals surface area contributed by atoms with Crippen LogP contribution in [0.5, 0.6) is 5.75 Å². The molecule has 2 rings (SSSR count). The van der Waals surface area contributed by atoms with Crippen LogP contribution in [0.3, 0.4) is 0 Å². The van der Waals surface area contributed by atoms with Crippen LogP contribution in [0.15, 0.2) is 22.7 Å². The van der Waals surface area contributed by atoms with Crippen molar-refractivity contribution in [3.8, 4) is 5.75 Å². The van der Waals surface area contributed by atoms with Crippen molar-refractivity contribution in [2.45, 2.75) is 32.6 Å². The molecule has 1 aliphatic rings. The molecule has 2 unspecified atom stereocenters. The summed E-state index contributed by atoms with van der Waals surface area (Å²) in [7, 11) is 1.71. The van der Waals surface area contributed by atoms with E-state index in [-0.39, 0.29) is 0 Å². The quantitative estimate of drug-likeness (QED) is 0.852. The fourth-order valence-electron chi connectivity index (χ4n) is 3.12. The second kappa shape index (κ2) is 7.30. The Hall–Kier alpha value is -0.540. The highest BCUT2D eigenvalue weighted by Gasteiger charge is 2.26. The maximum atomic E-state index is 5.29. The third-order valence-corrected chi connectivity index (χ3v) is 4.81. The maximum absolute atomic E-state index is 5.29. The first-order valence-corrected chi connectivity index (χ1v) is 8.07. The van der Waals surface area contributed by atoms with Gasteiger partial charge in [-0.2, -0.15) is 0 Å². The molecule has 1 N–H and O–H groups in total. The van der Waals surface area contributed by atoms with Crippen molar-refractivity contribution >= 4 is 15.9 Å². The number of methoxy groups -OCH3 is 1. The van der Waals surface area contributed by atoms with Crippen molar-refractivity contribution in [3.63, 3.8) is 0 Å². The van der Waals surface area contributed by atoms with E-state index in [0.29, 0.717) is 0 Å². The molecule has 0 spiro atoms. The number of benzene rings is 1. The van der Waals surface area contributed by atoms with E-state index in [1.165, 1.54) is 37.8 Å². The van der Waals surface area contributed by atoms with Crippen molar-refractivity contribution in [2.24, 2.45) is 11.8 Å². The molecule has 0 saturated heterocycles. The fraction of sp³-hybridized carbons (Fsp3) is 0.625. The summed E-state index contributed by atoms with van der Waals surface area (Å²) in [5.74, 6) is 2.60. The van der Waals surface area contributed by atoms with Crippen LogP contribution in [0.4, 0.5) is 0 Å². The van der Waals surface area contributed by atoms with E-state index < -0.39 is 0 Å². The molecule has 0 aromatic heterocycles. The molecule has 1 aromatic carbocycles. The molecule has 0 bridgehead atoms. The fourth-order valence-corrected chi connectivity index (χ4v) is 3.71. The van der Waals surface area contributed by atoms with Crippen LogP contribution in [0.1, 0.15) is 31.7 Å². The zero-order valence-electron chi connectivity index (χ0n) is 11.9. The zero-order valence-corrected chi connectivity index (χ0v) is 13.5. The van der Waals surface area contributed by atoms with Gasteiger partial charge in [0.1, 0.15) is 5.75 Å². The molecule has 106 valence electrons. The van der Waals surface area contributed by atoms with E-state index in [1.54, 1.807) is 7.11 Å². The minimum Gasteiger partial charge on any atom is -0.496 e. The number of rotatable bonds is 6. The summed E-state index contributed by atoms with van der Waals surface area (Å²) >= 11 is 3.58. The highest BCUT2D eigenvalue weighted by atomic mass is 79.9. The second-order valence-electron chi connectivity index (χ2n) is 5.43. The summed E-state index contributed by atoms with van der Waals surface area (Å²) in [5, 5.41) is 3.51. The lowest BCUT2D eigenvalue weighted by Gasteiger charge is -2.20. The van der Waals surface area contributed by atoms with Crippen molar-refractivity contribution in [1.82, 2.24) is 5.32 Å². The van der Waals surface area contributed by atoms with Crippen molar-refractivity contribution < 1.29 is 4.74 Å². The summed E-state index contributed by atoms with van der Waals surface area (Å²) in [6.07, 6.45) is 5.34. The van der Waals surface area contributed by atoms with Crippen LogP contribution in [0.25, 0.3) is 0 Å². The summed E-state index contributed by atoms with van der Waals surface area (Å²) in [6, 6.07) is 6.47. The number of nitrogens with one attached hydrogen (secondary N) is 1. The second-order valence-corrected chi connectivity index (χ2v) is 6.29. The lowest BCUT2D eigenvalue weighted by atomic mass is 9.89. The van der Waals surface area contributed by atoms with E-state index in [0.717, 1.165) is 28.6 Å². The first-order valence-electron chi connectivity index (χ1n) is 7.27. The summed E-state index contributed by atoms with van der Waals surface area (Å²) < 4.78 is 6.35. The Morgan fingerprint density at radius 3 is 2.79 bits per heavy atom. The van der Waals surface area contributed by atoms with Crippen molar-refractivity contribution in [2.75, 3.05) is 20.2 Å². The van der Waals surface area contributed by atoms with Gasteiger partial charge in [0.05, 0.1) is 11.6 Å². The van der Waals surface area contributed by atoms with Crippen LogP contribution in [-0.2, 0) is 6.42 Å². The Morgan fingerprint density at radius 2 is 2.11 bits per heavy atom. The number of ether oxygens (including phenoxy) is 1. The SMILES string of the molecule is CCNCC1CCCC1Cc1ccc(OC)c(Br)c1. The molecule has 19 heavy (non-hydrogen) atoms. The van der Waals surface area contributed by atoms with E-state index in [9.17, 15) is 0 Å². The minimum atomic E-state index is 0.833. The van der Waals surface area contributed by atoms with Gasteiger partial charge >= 0.3 is 0 Å². The topological polar surface area (TPSA) is 21.3 Å². The molecule has 0 heterocycles. The largest absolute Gasteiger partial charge is 0.496 e. The molecule has 0 amide bonds. The Bertz CT molecular complexity index is 408. The number of hydrogen-bond donors (Lipinski definition) is 1. The van der Waals surface area contributed by atoms with Crippen molar-refractivity contribution in [3.05, 3.63) is 28.2 Å². The van der Waals surface area contributed by atoms with Crippen molar-refractivity contribution in [1.29, 1.82) is 0 Å². The van der Waals surface area contributed by atoms with Crippen LogP contribution in [0.2, 0.25) is 0 Å². The lowest BCUT2D eigenvalue weighted by molar-refractivity contribution is 0.367. The molecule has 0 radical (unpaired) electrons. The van der Waals surface area contributed by atoms with Gasteiger partial charge in [-0.05, 0) is 77.8 Å². The molecule has 1 saturated carbocycles. The Morgan fingerprint density at radius 1 is 1.32 bits per heavy atom. The highest BCUT2D eigenvalue weighted by Crippen LogP contribution is 2.35. The molecular formula is C16H24BrNO. The summed E-state index contributed by atoms with van der Waals surface area (Å²) in [4.78, 5) is 0. The molecule has 2 atom stereocenters. The van der Waals surface area contributed by atoms with Gasteiger partial charge in [0, 0.05) is 0 Å². The standard InChI is InChI=1S/C16H24BrNO/c1-3-18-11-14-6-4-5-13(14)9-12-7-8-16(19-2)15(17)10-12/h7-8,10,13-14,18H,3-6,9,11H2,1-2H3. The number of halogens is 1. The van der Waals surface area contributed by atoms with Gasteiger partial charge in [-0.15, -0.1) is 0 Å². The van der Waals surface area contributed by atoms with Gasteiger partial charge in [0.2, 0.25) is 0 Å². The van der Waals surface area contributed by atoms with Crippen LogP contribution in [-0.4, -0.2) is 20.2 Å². The number of hydrogen-bond acceptors (Lipinski definition) is 2. The van der Waals surface area contributed by atoms with Gasteiger partial charge in [-0.1, -0.05) is 19.4 Å². The maximum Gasteiger partial charge on any atom is 0.133 e. The lowest BCUT2D eigenvalue weighted by Crippen LogP contribution is -2.25. The minimum absolute atomic E-state index is 0.833. The highest BCUT2D eigenvalue weighted by molar-refractivity contribution is 9.10. The molecule has 3 heteroatoms. The van der Waals surface area contributed by atoms with E-state index in [1.807, 2.05) is 0 Å². The summed E-state index contributed by atoms with van der Waals surface area (Å²) in [5.41, 5.74) is 1.42. The third-order valence-electron chi connectivity index (χ3n) is 4.19. The van der Waals surface area contributed by atoms with E-state index in [2.05, 4.69) is 46.4 Å².